The maximum absolute atomic E-state index is 13.4. The normalized spacial score (nSPS) is 18.1. The molecule has 0 spiro atoms. The molecule has 5 heteroatoms. The molecule has 0 bridgehead atoms. The number of likely N-dealkylation sites (tertiary alicyclic amines) is 1. The van der Waals surface area contributed by atoms with Crippen molar-refractivity contribution in [3.63, 3.8) is 0 Å². The van der Waals surface area contributed by atoms with Gasteiger partial charge in [-0.2, -0.15) is 0 Å². The van der Waals surface area contributed by atoms with Crippen molar-refractivity contribution in [3.05, 3.63) is 29.6 Å². The maximum Gasteiger partial charge on any atom is 0.313 e. The molecule has 1 fully saturated rings. The fraction of sp³-hybridized carbons (Fsp3) is 0.467. The van der Waals surface area contributed by atoms with E-state index in [1.54, 1.807) is 17.9 Å². The largest absolute Gasteiger partial charge is 0.331 e. The molecule has 0 unspecified atom stereocenters. The Kier molecular flexibility index (Phi) is 4.37. The van der Waals surface area contributed by atoms with E-state index in [9.17, 15) is 14.0 Å². The van der Waals surface area contributed by atoms with Gasteiger partial charge in [-0.25, -0.2) is 4.39 Å². The van der Waals surface area contributed by atoms with Crippen molar-refractivity contribution in [3.8, 4) is 0 Å². The zero-order valence-electron chi connectivity index (χ0n) is 11.8. The van der Waals surface area contributed by atoms with E-state index in [1.165, 1.54) is 12.1 Å². The van der Waals surface area contributed by atoms with Crippen molar-refractivity contribution >= 4 is 17.5 Å². The van der Waals surface area contributed by atoms with E-state index in [0.717, 1.165) is 19.3 Å². The van der Waals surface area contributed by atoms with Crippen LogP contribution in [0.2, 0.25) is 0 Å². The Hall–Kier alpha value is -1.91. The molecule has 0 radical (unpaired) electrons. The van der Waals surface area contributed by atoms with E-state index < -0.39 is 17.6 Å². The maximum atomic E-state index is 13.4. The molecule has 1 aromatic rings. The Labute approximate surface area is 118 Å². The number of halogens is 1. The topological polar surface area (TPSA) is 49.4 Å². The van der Waals surface area contributed by atoms with Gasteiger partial charge in [0.2, 0.25) is 0 Å². The molecule has 1 aromatic carbocycles. The zero-order valence-corrected chi connectivity index (χ0v) is 11.8. The van der Waals surface area contributed by atoms with Gasteiger partial charge in [0, 0.05) is 23.8 Å². The van der Waals surface area contributed by atoms with Gasteiger partial charge in [-0.05, 0) is 38.3 Å². The highest BCUT2D eigenvalue weighted by Gasteiger charge is 2.31. The summed E-state index contributed by atoms with van der Waals surface area (Å²) in [5.41, 5.74) is 0.678. The first-order chi connectivity index (χ1) is 9.54. The van der Waals surface area contributed by atoms with Crippen molar-refractivity contribution in [1.29, 1.82) is 0 Å². The van der Waals surface area contributed by atoms with Crippen LogP contribution in [0.3, 0.4) is 0 Å². The summed E-state index contributed by atoms with van der Waals surface area (Å²) < 4.78 is 13.4. The molecule has 108 valence electrons. The second kappa shape index (κ2) is 6.03. The summed E-state index contributed by atoms with van der Waals surface area (Å²) in [6, 6.07) is 4.56. The van der Waals surface area contributed by atoms with Gasteiger partial charge >= 0.3 is 11.8 Å². The Bertz CT molecular complexity index is 531. The molecule has 1 heterocycles. The van der Waals surface area contributed by atoms with Gasteiger partial charge in [-0.3, -0.25) is 9.59 Å². The van der Waals surface area contributed by atoms with E-state index in [4.69, 9.17) is 0 Å². The molecule has 0 aromatic heterocycles. The predicted molar refractivity (Wildman–Crippen MR) is 74.8 cm³/mol. The van der Waals surface area contributed by atoms with Gasteiger partial charge in [-0.15, -0.1) is 0 Å². The Morgan fingerprint density at radius 2 is 2.20 bits per heavy atom. The van der Waals surface area contributed by atoms with E-state index in [2.05, 4.69) is 5.32 Å². The van der Waals surface area contributed by atoms with Crippen LogP contribution in [0.25, 0.3) is 0 Å². The van der Waals surface area contributed by atoms with Crippen molar-refractivity contribution < 1.29 is 14.0 Å². The van der Waals surface area contributed by atoms with Crippen LogP contribution in [0.5, 0.6) is 0 Å². The first-order valence-electron chi connectivity index (χ1n) is 6.91. The lowest BCUT2D eigenvalue weighted by atomic mass is 10.1. The fourth-order valence-electron chi connectivity index (χ4n) is 2.58. The number of carbonyl (C=O) groups excluding carboxylic acids is 2. The molecule has 1 atom stereocenters. The third kappa shape index (κ3) is 2.81. The average molecular weight is 278 g/mol. The number of carbonyl (C=O) groups is 2. The van der Waals surface area contributed by atoms with Crippen LogP contribution in [-0.4, -0.2) is 29.3 Å². The van der Waals surface area contributed by atoms with Crippen molar-refractivity contribution in [1.82, 2.24) is 4.90 Å². The van der Waals surface area contributed by atoms with E-state index >= 15 is 0 Å². The summed E-state index contributed by atoms with van der Waals surface area (Å²) in [5.74, 6) is -1.63. The van der Waals surface area contributed by atoms with Crippen LogP contribution in [-0.2, 0) is 9.59 Å². The Morgan fingerprint density at radius 1 is 1.45 bits per heavy atom. The van der Waals surface area contributed by atoms with Crippen molar-refractivity contribution in [2.24, 2.45) is 0 Å². The van der Waals surface area contributed by atoms with Crippen LogP contribution in [0.1, 0.15) is 31.7 Å². The monoisotopic (exact) mass is 278 g/mol. The number of amides is 2. The summed E-state index contributed by atoms with van der Waals surface area (Å²) in [4.78, 5) is 25.8. The van der Waals surface area contributed by atoms with E-state index in [-0.39, 0.29) is 6.04 Å². The summed E-state index contributed by atoms with van der Waals surface area (Å²) in [7, 11) is 0. The average Bonchev–Trinajstić information content (AvgIpc) is 2.91. The van der Waals surface area contributed by atoms with Gasteiger partial charge in [-0.1, -0.05) is 13.0 Å². The van der Waals surface area contributed by atoms with Crippen LogP contribution in [0.15, 0.2) is 18.2 Å². The second-order valence-electron chi connectivity index (χ2n) is 5.07. The quantitative estimate of drug-likeness (QED) is 0.845. The lowest BCUT2D eigenvalue weighted by Gasteiger charge is -2.23. The number of rotatable bonds is 2. The SMILES string of the molecule is CC[C@H]1CCCN1C(=O)C(=O)Nc1cccc(F)c1C. The number of benzene rings is 1. The van der Waals surface area contributed by atoms with Crippen molar-refractivity contribution in [2.75, 3.05) is 11.9 Å². The molecule has 4 nitrogen and oxygen atoms in total. The minimum Gasteiger partial charge on any atom is -0.331 e. The number of anilines is 1. The first kappa shape index (κ1) is 14.5. The molecule has 2 amide bonds. The number of nitrogens with zero attached hydrogens (tertiary/aromatic N) is 1. The van der Waals surface area contributed by atoms with Gasteiger partial charge in [0.05, 0.1) is 0 Å². The Morgan fingerprint density at radius 3 is 2.90 bits per heavy atom. The third-order valence-electron chi connectivity index (χ3n) is 3.82. The standard InChI is InChI=1S/C15H19FN2O2/c1-3-11-6-5-9-18(11)15(20)14(19)17-13-8-4-7-12(16)10(13)2/h4,7-8,11H,3,5-6,9H2,1-2H3,(H,17,19)/t11-/m0/s1. The summed E-state index contributed by atoms with van der Waals surface area (Å²) >= 11 is 0. The molecular weight excluding hydrogens is 259 g/mol. The van der Waals surface area contributed by atoms with E-state index in [0.29, 0.717) is 17.8 Å². The second-order valence-corrected chi connectivity index (χ2v) is 5.07. The number of hydrogen-bond donors (Lipinski definition) is 1. The fourth-order valence-corrected chi connectivity index (χ4v) is 2.58. The molecule has 0 saturated carbocycles. The molecule has 1 N–H and O–H groups in total. The van der Waals surface area contributed by atoms with Crippen molar-refractivity contribution in [2.45, 2.75) is 39.2 Å². The molecule has 20 heavy (non-hydrogen) atoms. The third-order valence-corrected chi connectivity index (χ3v) is 3.82. The van der Waals surface area contributed by atoms with Gasteiger partial charge in [0.15, 0.2) is 0 Å². The lowest BCUT2D eigenvalue weighted by Crippen LogP contribution is -2.42. The predicted octanol–water partition coefficient (Wildman–Crippen LogP) is 2.47. The molecule has 0 aliphatic carbocycles. The molecule has 1 aliphatic heterocycles. The van der Waals surface area contributed by atoms with E-state index in [1.807, 2.05) is 6.92 Å². The molecule has 1 saturated heterocycles. The summed E-state index contributed by atoms with van der Waals surface area (Å²) in [5, 5.41) is 2.50. The summed E-state index contributed by atoms with van der Waals surface area (Å²) in [6.07, 6.45) is 2.71. The highest BCUT2D eigenvalue weighted by molar-refractivity contribution is 6.39. The minimum atomic E-state index is -0.695. The zero-order chi connectivity index (χ0) is 14.7. The lowest BCUT2D eigenvalue weighted by molar-refractivity contribution is -0.143. The van der Waals surface area contributed by atoms with Gasteiger partial charge < -0.3 is 10.2 Å². The van der Waals surface area contributed by atoms with Crippen LogP contribution >= 0.6 is 0 Å². The van der Waals surface area contributed by atoms with Crippen LogP contribution in [0, 0.1) is 12.7 Å². The smallest absolute Gasteiger partial charge is 0.313 e. The van der Waals surface area contributed by atoms with Gasteiger partial charge in [0.1, 0.15) is 5.82 Å². The minimum absolute atomic E-state index is 0.141. The highest BCUT2D eigenvalue weighted by Crippen LogP contribution is 2.21. The Balaban J connectivity index is 2.08. The number of nitrogens with one attached hydrogen (secondary N) is 1. The molecular formula is C15H19FN2O2. The number of hydrogen-bond acceptors (Lipinski definition) is 2. The van der Waals surface area contributed by atoms with Crippen LogP contribution in [0.4, 0.5) is 10.1 Å². The van der Waals surface area contributed by atoms with Crippen LogP contribution < -0.4 is 5.32 Å². The highest BCUT2D eigenvalue weighted by atomic mass is 19.1. The molecule has 2 rings (SSSR count). The first-order valence-corrected chi connectivity index (χ1v) is 6.91. The molecule has 1 aliphatic rings. The summed E-state index contributed by atoms with van der Waals surface area (Å²) in [6.45, 7) is 4.19. The van der Waals surface area contributed by atoms with Gasteiger partial charge in [0.25, 0.3) is 0 Å².